The molecule has 0 aliphatic heterocycles. The summed E-state index contributed by atoms with van der Waals surface area (Å²) in [7, 11) is 0. The standard InChI is InChI=1S/C19H18ClNO2/c1-14(22)16-13-21(18-9-4-2-7-15(16)18)11-6-12-23-19-10-5-3-8-17(19)20/h2-5,7-10,13H,6,11-12H2,1H3. The van der Waals surface area contributed by atoms with Crippen LogP contribution in [-0.2, 0) is 6.54 Å². The molecule has 3 aromatic rings. The third kappa shape index (κ3) is 3.40. The fraction of sp³-hybridized carbons (Fsp3) is 0.211. The minimum atomic E-state index is 0.0901. The molecule has 23 heavy (non-hydrogen) atoms. The summed E-state index contributed by atoms with van der Waals surface area (Å²) >= 11 is 6.07. The summed E-state index contributed by atoms with van der Waals surface area (Å²) in [5, 5.41) is 1.63. The van der Waals surface area contributed by atoms with Crippen molar-refractivity contribution in [2.45, 2.75) is 19.9 Å². The highest BCUT2D eigenvalue weighted by Crippen LogP contribution is 2.24. The van der Waals surface area contributed by atoms with E-state index in [0.717, 1.165) is 29.4 Å². The number of benzene rings is 2. The third-order valence-electron chi connectivity index (χ3n) is 3.81. The van der Waals surface area contributed by atoms with Crippen LogP contribution in [-0.4, -0.2) is 17.0 Å². The molecular weight excluding hydrogens is 310 g/mol. The maximum absolute atomic E-state index is 11.8. The average molecular weight is 328 g/mol. The Balaban J connectivity index is 1.68. The smallest absolute Gasteiger partial charge is 0.161 e. The first-order chi connectivity index (χ1) is 11.2. The van der Waals surface area contributed by atoms with E-state index in [1.165, 1.54) is 0 Å². The van der Waals surface area contributed by atoms with Crippen molar-refractivity contribution in [1.82, 2.24) is 4.57 Å². The maximum Gasteiger partial charge on any atom is 0.161 e. The number of hydrogen-bond donors (Lipinski definition) is 0. The van der Waals surface area contributed by atoms with Crippen LogP contribution < -0.4 is 4.74 Å². The summed E-state index contributed by atoms with van der Waals surface area (Å²) in [5.74, 6) is 0.795. The van der Waals surface area contributed by atoms with Crippen molar-refractivity contribution >= 4 is 28.3 Å². The van der Waals surface area contributed by atoms with Crippen molar-refractivity contribution in [3.05, 3.63) is 65.3 Å². The molecular formula is C19H18ClNO2. The molecule has 0 atom stereocenters. The van der Waals surface area contributed by atoms with Crippen LogP contribution in [0.2, 0.25) is 5.02 Å². The van der Waals surface area contributed by atoms with Crippen LogP contribution in [0, 0.1) is 0 Å². The van der Waals surface area contributed by atoms with E-state index in [4.69, 9.17) is 16.3 Å². The zero-order chi connectivity index (χ0) is 16.2. The molecule has 4 heteroatoms. The predicted octanol–water partition coefficient (Wildman–Crippen LogP) is 4.97. The zero-order valence-electron chi connectivity index (χ0n) is 13.0. The van der Waals surface area contributed by atoms with Crippen molar-refractivity contribution in [2.24, 2.45) is 0 Å². The Morgan fingerprint density at radius 2 is 1.87 bits per heavy atom. The van der Waals surface area contributed by atoms with Crippen molar-refractivity contribution in [3.63, 3.8) is 0 Å². The first-order valence-corrected chi connectivity index (χ1v) is 8.01. The second-order valence-corrected chi connectivity index (χ2v) is 5.85. The van der Waals surface area contributed by atoms with E-state index in [-0.39, 0.29) is 5.78 Å². The topological polar surface area (TPSA) is 31.2 Å². The van der Waals surface area contributed by atoms with Crippen LogP contribution in [0.15, 0.2) is 54.7 Å². The number of para-hydroxylation sites is 2. The summed E-state index contributed by atoms with van der Waals surface area (Å²) in [6.07, 6.45) is 2.77. The number of aromatic nitrogens is 1. The monoisotopic (exact) mass is 327 g/mol. The SMILES string of the molecule is CC(=O)c1cn(CCCOc2ccccc2Cl)c2ccccc12. The Hall–Kier alpha value is -2.26. The Bertz CT molecular complexity index is 838. The molecule has 1 heterocycles. The van der Waals surface area contributed by atoms with E-state index in [1.54, 1.807) is 6.92 Å². The van der Waals surface area contributed by atoms with Gasteiger partial charge in [-0.2, -0.15) is 0 Å². The lowest BCUT2D eigenvalue weighted by molar-refractivity contribution is 0.101. The number of halogens is 1. The van der Waals surface area contributed by atoms with Gasteiger partial charge in [0.2, 0.25) is 0 Å². The molecule has 0 bridgehead atoms. The molecule has 0 aliphatic rings. The Morgan fingerprint density at radius 1 is 1.13 bits per heavy atom. The molecule has 0 aliphatic carbocycles. The van der Waals surface area contributed by atoms with E-state index in [0.29, 0.717) is 17.4 Å². The van der Waals surface area contributed by atoms with Crippen molar-refractivity contribution in [3.8, 4) is 5.75 Å². The van der Waals surface area contributed by atoms with Gasteiger partial charge in [0.15, 0.2) is 5.78 Å². The molecule has 0 spiro atoms. The average Bonchev–Trinajstić information content (AvgIpc) is 2.92. The minimum Gasteiger partial charge on any atom is -0.492 e. The molecule has 2 aromatic carbocycles. The molecule has 0 fully saturated rings. The van der Waals surface area contributed by atoms with Crippen LogP contribution in [0.3, 0.4) is 0 Å². The first kappa shape index (κ1) is 15.6. The number of ketones is 1. The van der Waals surface area contributed by atoms with Gasteiger partial charge in [-0.15, -0.1) is 0 Å². The highest BCUT2D eigenvalue weighted by atomic mass is 35.5. The van der Waals surface area contributed by atoms with Gasteiger partial charge in [-0.3, -0.25) is 4.79 Å². The largest absolute Gasteiger partial charge is 0.492 e. The number of Topliss-reactive ketones (excluding diaryl/α,β-unsaturated/α-hetero) is 1. The number of carbonyl (C=O) groups is 1. The van der Waals surface area contributed by atoms with Crippen LogP contribution in [0.1, 0.15) is 23.7 Å². The number of hydrogen-bond acceptors (Lipinski definition) is 2. The number of aryl methyl sites for hydroxylation is 1. The number of fused-ring (bicyclic) bond motifs is 1. The summed E-state index contributed by atoms with van der Waals surface area (Å²) in [6, 6.07) is 15.4. The van der Waals surface area contributed by atoms with Gasteiger partial charge in [-0.25, -0.2) is 0 Å². The minimum absolute atomic E-state index is 0.0901. The second-order valence-electron chi connectivity index (χ2n) is 5.44. The quantitative estimate of drug-likeness (QED) is 0.473. The van der Waals surface area contributed by atoms with Gasteiger partial charge in [-0.05, 0) is 31.5 Å². The predicted molar refractivity (Wildman–Crippen MR) is 93.5 cm³/mol. The zero-order valence-corrected chi connectivity index (χ0v) is 13.7. The number of nitrogens with zero attached hydrogens (tertiary/aromatic N) is 1. The highest BCUT2D eigenvalue weighted by molar-refractivity contribution is 6.32. The third-order valence-corrected chi connectivity index (χ3v) is 4.12. The van der Waals surface area contributed by atoms with Gasteiger partial charge in [0, 0.05) is 29.2 Å². The molecule has 0 saturated heterocycles. The van der Waals surface area contributed by atoms with Gasteiger partial charge < -0.3 is 9.30 Å². The second kappa shape index (κ2) is 6.88. The lowest BCUT2D eigenvalue weighted by Gasteiger charge is -2.09. The Kier molecular flexibility index (Phi) is 4.68. The molecule has 3 nitrogen and oxygen atoms in total. The molecule has 3 rings (SSSR count). The highest BCUT2D eigenvalue weighted by Gasteiger charge is 2.11. The summed E-state index contributed by atoms with van der Waals surface area (Å²) < 4.78 is 7.83. The fourth-order valence-corrected chi connectivity index (χ4v) is 2.88. The van der Waals surface area contributed by atoms with Crippen LogP contribution in [0.5, 0.6) is 5.75 Å². The van der Waals surface area contributed by atoms with E-state index in [1.807, 2.05) is 54.7 Å². The van der Waals surface area contributed by atoms with Crippen molar-refractivity contribution < 1.29 is 9.53 Å². The first-order valence-electron chi connectivity index (χ1n) is 7.63. The van der Waals surface area contributed by atoms with Crippen LogP contribution in [0.4, 0.5) is 0 Å². The Morgan fingerprint density at radius 3 is 2.65 bits per heavy atom. The van der Waals surface area contributed by atoms with E-state index in [2.05, 4.69) is 4.57 Å². The van der Waals surface area contributed by atoms with Gasteiger partial charge in [0.05, 0.1) is 11.6 Å². The number of ether oxygens (including phenoxy) is 1. The molecule has 0 N–H and O–H groups in total. The lowest BCUT2D eigenvalue weighted by Crippen LogP contribution is -2.04. The van der Waals surface area contributed by atoms with Crippen LogP contribution in [0.25, 0.3) is 10.9 Å². The molecule has 0 amide bonds. The lowest BCUT2D eigenvalue weighted by atomic mass is 10.1. The van der Waals surface area contributed by atoms with Crippen molar-refractivity contribution in [2.75, 3.05) is 6.61 Å². The number of carbonyl (C=O) groups excluding carboxylic acids is 1. The normalized spacial score (nSPS) is 10.9. The van der Waals surface area contributed by atoms with Crippen LogP contribution >= 0.6 is 11.6 Å². The van der Waals surface area contributed by atoms with Gasteiger partial charge in [0.25, 0.3) is 0 Å². The number of rotatable bonds is 6. The Labute approximate surface area is 140 Å². The molecule has 0 radical (unpaired) electrons. The van der Waals surface area contributed by atoms with Gasteiger partial charge in [-0.1, -0.05) is 41.9 Å². The van der Waals surface area contributed by atoms with E-state index >= 15 is 0 Å². The maximum atomic E-state index is 11.8. The van der Waals surface area contributed by atoms with Gasteiger partial charge in [0.1, 0.15) is 5.75 Å². The van der Waals surface area contributed by atoms with Crippen molar-refractivity contribution in [1.29, 1.82) is 0 Å². The summed E-state index contributed by atoms with van der Waals surface area (Å²) in [4.78, 5) is 11.8. The van der Waals surface area contributed by atoms with E-state index in [9.17, 15) is 4.79 Å². The molecule has 118 valence electrons. The molecule has 1 aromatic heterocycles. The fourth-order valence-electron chi connectivity index (χ4n) is 2.69. The van der Waals surface area contributed by atoms with E-state index < -0.39 is 0 Å². The van der Waals surface area contributed by atoms with Gasteiger partial charge >= 0.3 is 0 Å². The molecule has 0 unspecified atom stereocenters. The molecule has 0 saturated carbocycles. The summed E-state index contributed by atoms with van der Waals surface area (Å²) in [6.45, 7) is 2.97. The summed E-state index contributed by atoms with van der Waals surface area (Å²) in [5.41, 5.74) is 1.85.